The van der Waals surface area contributed by atoms with Gasteiger partial charge in [0.15, 0.2) is 11.5 Å². The van der Waals surface area contributed by atoms with Crippen molar-refractivity contribution < 1.29 is 21.1 Å². The average Bonchev–Trinajstić information content (AvgIpc) is 3.30. The van der Waals surface area contributed by atoms with Crippen molar-refractivity contribution in [3.63, 3.8) is 0 Å². The van der Waals surface area contributed by atoms with Crippen LogP contribution >= 0.6 is 0 Å². The Balaban J connectivity index is 1.61. The van der Waals surface area contributed by atoms with Crippen LogP contribution in [0.3, 0.4) is 0 Å². The van der Waals surface area contributed by atoms with E-state index in [1.165, 1.54) is 0 Å². The molecule has 1 saturated heterocycles. The van der Waals surface area contributed by atoms with Crippen molar-refractivity contribution in [3.05, 3.63) is 59.7 Å². The first-order chi connectivity index (χ1) is 14.6. The van der Waals surface area contributed by atoms with Crippen LogP contribution in [0.5, 0.6) is 11.5 Å². The van der Waals surface area contributed by atoms with Gasteiger partial charge in [-0.1, -0.05) is 36.4 Å². The summed E-state index contributed by atoms with van der Waals surface area (Å²) in [7, 11) is 0. The van der Waals surface area contributed by atoms with E-state index in [2.05, 4.69) is 10.2 Å². The smallest absolute Gasteiger partial charge is 0.161 e. The molecule has 1 fully saturated rings. The molecule has 4 rings (SSSR count). The number of aliphatic hydroxyl groups excluding tert-OH is 1. The highest BCUT2D eigenvalue weighted by Crippen LogP contribution is 2.34. The van der Waals surface area contributed by atoms with Gasteiger partial charge in [0, 0.05) is 6.54 Å². The van der Waals surface area contributed by atoms with Gasteiger partial charge in [-0.05, 0) is 49.2 Å². The van der Waals surface area contributed by atoms with E-state index in [1.54, 1.807) is 18.2 Å². The molecular weight excluding hydrogens is 368 g/mol. The van der Waals surface area contributed by atoms with Gasteiger partial charge in [-0.15, -0.1) is 0 Å². The molecule has 0 aromatic heterocycles. The molecule has 0 radical (unpaired) electrons. The van der Waals surface area contributed by atoms with Gasteiger partial charge in [0.05, 0.1) is 26.1 Å². The highest BCUT2D eigenvalue weighted by Gasteiger charge is 2.28. The lowest BCUT2D eigenvalue weighted by Gasteiger charge is -2.32. The van der Waals surface area contributed by atoms with Crippen LogP contribution in [0.1, 0.15) is 37.5 Å². The highest BCUT2D eigenvalue weighted by atomic mass is 16.6. The number of hydrogen-bond acceptors (Lipinski definition) is 6. The third-order valence-electron chi connectivity index (χ3n) is 5.59. The molecule has 2 aliphatic heterocycles. The summed E-state index contributed by atoms with van der Waals surface area (Å²) in [6, 6.07) is 13.8. The van der Waals surface area contributed by atoms with E-state index in [4.69, 9.17) is 10.8 Å². The highest BCUT2D eigenvalue weighted by molar-refractivity contribution is 5.44. The van der Waals surface area contributed by atoms with Crippen molar-refractivity contribution in [1.29, 1.82) is 0 Å². The molecule has 2 heterocycles. The summed E-state index contributed by atoms with van der Waals surface area (Å²) >= 11 is 0. The zero-order chi connectivity index (χ0) is 21.0. The van der Waals surface area contributed by atoms with Crippen LogP contribution in [-0.2, 0) is 0 Å². The van der Waals surface area contributed by atoms with Crippen molar-refractivity contribution in [2.75, 3.05) is 39.5 Å². The Morgan fingerprint density at radius 3 is 2.45 bits per heavy atom. The molecule has 3 N–H and O–H groups in total. The van der Waals surface area contributed by atoms with E-state index >= 15 is 0 Å². The lowest BCUT2D eigenvalue weighted by atomic mass is 9.98. The van der Waals surface area contributed by atoms with E-state index in [-0.39, 0.29) is 12.6 Å². The first-order valence-electron chi connectivity index (χ1n) is 10.8. The topological polar surface area (TPSA) is 74.2 Å². The zero-order valence-corrected chi connectivity index (χ0v) is 16.6. The van der Waals surface area contributed by atoms with Gasteiger partial charge in [-0.25, -0.2) is 0 Å². The quantitative estimate of drug-likeness (QED) is 0.633. The van der Waals surface area contributed by atoms with Gasteiger partial charge in [-0.3, -0.25) is 0 Å². The van der Waals surface area contributed by atoms with E-state index in [9.17, 15) is 10.2 Å². The Bertz CT molecular complexity index is 827. The molecule has 0 bridgehead atoms. The van der Waals surface area contributed by atoms with E-state index in [1.807, 2.05) is 30.3 Å². The number of fused-ring (bicyclic) bond motifs is 1. The van der Waals surface area contributed by atoms with Crippen LogP contribution in [0.15, 0.2) is 48.5 Å². The molecule has 1 unspecified atom stereocenters. The van der Waals surface area contributed by atoms with Crippen LogP contribution in [0, 0.1) is 0 Å². The second-order valence-electron chi connectivity index (χ2n) is 7.62. The van der Waals surface area contributed by atoms with Crippen LogP contribution in [0.4, 0.5) is 0 Å². The molecule has 29 heavy (non-hydrogen) atoms. The number of hydrogen-bond donors (Lipinski definition) is 3. The third-order valence-corrected chi connectivity index (χ3v) is 5.59. The predicted octanol–water partition coefficient (Wildman–Crippen LogP) is 2.28. The lowest BCUT2D eigenvalue weighted by Crippen LogP contribution is -2.46. The second-order valence-corrected chi connectivity index (χ2v) is 7.62. The number of nitrogens with zero attached hydrogens (tertiary/aromatic N) is 1. The molecule has 3 atom stereocenters. The van der Waals surface area contributed by atoms with Crippen molar-refractivity contribution >= 4 is 0 Å². The average molecular weight is 400 g/mol. The van der Waals surface area contributed by atoms with E-state index in [0.717, 1.165) is 31.5 Å². The maximum atomic E-state index is 11.4. The van der Waals surface area contributed by atoms with Gasteiger partial charge >= 0.3 is 0 Å². The SMILES string of the molecule is [2H][C@@](O)(c1ccc2c(c1)OCCO2)[C@@H](CN1CCCC1)NC(CO)c1ccccc1. The van der Waals surface area contributed by atoms with Crippen molar-refractivity contribution in [2.24, 2.45) is 0 Å². The van der Waals surface area contributed by atoms with Gasteiger partial charge in [0.25, 0.3) is 0 Å². The third kappa shape index (κ3) is 4.90. The van der Waals surface area contributed by atoms with Gasteiger partial charge in [-0.2, -0.15) is 0 Å². The Morgan fingerprint density at radius 1 is 1.00 bits per heavy atom. The number of benzene rings is 2. The van der Waals surface area contributed by atoms with Gasteiger partial charge < -0.3 is 29.9 Å². The van der Waals surface area contributed by atoms with Crippen molar-refractivity contribution in [3.8, 4) is 11.5 Å². The molecule has 0 amide bonds. The van der Waals surface area contributed by atoms with Gasteiger partial charge in [0.1, 0.15) is 13.2 Å². The molecule has 2 aromatic rings. The Hall–Kier alpha value is -2.12. The summed E-state index contributed by atoms with van der Waals surface area (Å²) in [6.45, 7) is 3.22. The van der Waals surface area contributed by atoms with E-state index < -0.39 is 12.1 Å². The summed E-state index contributed by atoms with van der Waals surface area (Å²) in [5.41, 5.74) is 1.36. The first kappa shape index (κ1) is 18.9. The summed E-state index contributed by atoms with van der Waals surface area (Å²) in [5.74, 6) is 1.17. The van der Waals surface area contributed by atoms with Crippen LogP contribution in [0.25, 0.3) is 0 Å². The molecule has 0 spiro atoms. The zero-order valence-electron chi connectivity index (χ0n) is 17.6. The fraction of sp³-hybridized carbons (Fsp3) is 0.478. The number of likely N-dealkylation sites (tertiary alicyclic amines) is 1. The Labute approximate surface area is 173 Å². The van der Waals surface area contributed by atoms with E-state index in [0.29, 0.717) is 36.8 Å². The largest absolute Gasteiger partial charge is 0.486 e. The van der Waals surface area contributed by atoms with Gasteiger partial charge in [0.2, 0.25) is 0 Å². The maximum absolute atomic E-state index is 11.4. The molecule has 156 valence electrons. The van der Waals surface area contributed by atoms with Crippen LogP contribution in [-0.4, -0.2) is 60.6 Å². The normalized spacial score (nSPS) is 21.2. The maximum Gasteiger partial charge on any atom is 0.161 e. The van der Waals surface area contributed by atoms with Crippen LogP contribution in [0.2, 0.25) is 0 Å². The fourth-order valence-electron chi connectivity index (χ4n) is 4.03. The lowest BCUT2D eigenvalue weighted by molar-refractivity contribution is 0.0908. The first-order valence-corrected chi connectivity index (χ1v) is 10.3. The minimum Gasteiger partial charge on any atom is -0.486 e. The second kappa shape index (κ2) is 9.59. The molecular formula is C23H30N2O4. The molecule has 6 nitrogen and oxygen atoms in total. The minimum absolute atomic E-state index is 0.127. The minimum atomic E-state index is -1.92. The Kier molecular flexibility index (Phi) is 6.24. The Morgan fingerprint density at radius 2 is 1.72 bits per heavy atom. The van der Waals surface area contributed by atoms with Crippen molar-refractivity contribution in [2.45, 2.75) is 31.0 Å². The van der Waals surface area contributed by atoms with Crippen LogP contribution < -0.4 is 14.8 Å². The van der Waals surface area contributed by atoms with Crippen molar-refractivity contribution in [1.82, 2.24) is 10.2 Å². The number of rotatable bonds is 8. The number of ether oxygens (including phenoxy) is 2. The molecule has 6 heteroatoms. The molecule has 2 aromatic carbocycles. The molecule has 2 aliphatic rings. The standard InChI is InChI=1S/C23H30N2O4/c26-16-20(17-6-2-1-3-7-17)24-19(15-25-10-4-5-11-25)23(27)18-8-9-21-22(14-18)29-13-12-28-21/h1-3,6-9,14,19-20,23-24,26-27H,4-5,10-13,15-16H2/t19-,20?,23-/m1/s1/i23D. The summed E-state index contributed by atoms with van der Waals surface area (Å²) in [6.07, 6.45) is 0.325. The predicted molar refractivity (Wildman–Crippen MR) is 111 cm³/mol. The fourth-order valence-corrected chi connectivity index (χ4v) is 4.03. The number of aliphatic hydroxyl groups is 2. The monoisotopic (exact) mass is 399 g/mol. The molecule has 0 saturated carbocycles. The summed E-state index contributed by atoms with van der Waals surface area (Å²) < 4.78 is 20.2. The summed E-state index contributed by atoms with van der Waals surface area (Å²) in [5, 5.41) is 24.8. The molecule has 0 aliphatic carbocycles. The number of nitrogens with one attached hydrogen (secondary N) is 1. The summed E-state index contributed by atoms with van der Waals surface area (Å²) in [4.78, 5) is 2.26.